The average Bonchev–Trinajstić information content (AvgIpc) is 2.17. The summed E-state index contributed by atoms with van der Waals surface area (Å²) in [6.07, 6.45) is 0. The van der Waals surface area contributed by atoms with Gasteiger partial charge in [0.1, 0.15) is 0 Å². The Bertz CT molecular complexity index is 181. The van der Waals surface area contributed by atoms with Crippen molar-refractivity contribution in [2.24, 2.45) is 0 Å². The minimum absolute atomic E-state index is 0.722. The molecule has 0 radical (unpaired) electrons. The van der Waals surface area contributed by atoms with Gasteiger partial charge in [-0.1, -0.05) is 0 Å². The van der Waals surface area contributed by atoms with Crippen LogP contribution in [0.1, 0.15) is 12.6 Å². The van der Waals surface area contributed by atoms with Crippen molar-refractivity contribution < 1.29 is 4.74 Å². The Morgan fingerprint density at radius 2 is 2.33 bits per heavy atom. The number of hydrogen-bond acceptors (Lipinski definition) is 1. The molecule has 50 valence electrons. The Hall–Kier alpha value is -0.920. The van der Waals surface area contributed by atoms with E-state index in [0.29, 0.717) is 0 Å². The lowest BCUT2D eigenvalue weighted by molar-refractivity contribution is 0.328. The smallest absolute Gasteiger partial charge is 0.190 e. The van der Waals surface area contributed by atoms with E-state index in [4.69, 9.17) is 4.74 Å². The average molecular weight is 125 g/mol. The minimum atomic E-state index is 0.722. The first kappa shape index (κ1) is 6.20. The van der Waals surface area contributed by atoms with Gasteiger partial charge in [-0.2, -0.15) is 0 Å². The molecule has 0 aliphatic heterocycles. The number of aryl methyl sites for hydroxylation is 1. The molecular formula is C7H11NO. The number of H-pyrrole nitrogens is 1. The summed E-state index contributed by atoms with van der Waals surface area (Å²) < 4.78 is 5.17. The van der Waals surface area contributed by atoms with Crippen molar-refractivity contribution >= 4 is 0 Å². The molecule has 1 N–H and O–H groups in total. The molecule has 0 fully saturated rings. The van der Waals surface area contributed by atoms with Gasteiger partial charge in [0, 0.05) is 5.69 Å². The Morgan fingerprint density at radius 3 is 2.78 bits per heavy atom. The second-order valence-electron chi connectivity index (χ2n) is 1.94. The largest absolute Gasteiger partial charge is 0.479 e. The third kappa shape index (κ3) is 1.49. The van der Waals surface area contributed by atoms with Crippen LogP contribution in [-0.4, -0.2) is 11.6 Å². The highest BCUT2D eigenvalue weighted by molar-refractivity contribution is 5.16. The summed E-state index contributed by atoms with van der Waals surface area (Å²) in [6, 6.07) is 3.92. The fraction of sp³-hybridized carbons (Fsp3) is 0.429. The number of ether oxygens (including phenoxy) is 1. The van der Waals surface area contributed by atoms with E-state index in [2.05, 4.69) is 4.98 Å². The first-order chi connectivity index (χ1) is 4.33. The van der Waals surface area contributed by atoms with Crippen LogP contribution < -0.4 is 4.74 Å². The van der Waals surface area contributed by atoms with Gasteiger partial charge in [-0.3, -0.25) is 0 Å². The van der Waals surface area contributed by atoms with Gasteiger partial charge in [-0.25, -0.2) is 0 Å². The summed E-state index contributed by atoms with van der Waals surface area (Å²) in [5.74, 6) is 0.856. The number of hydrogen-bond donors (Lipinski definition) is 1. The Labute approximate surface area is 54.8 Å². The van der Waals surface area contributed by atoms with Crippen LogP contribution in [0.15, 0.2) is 12.1 Å². The van der Waals surface area contributed by atoms with Gasteiger partial charge in [-0.15, -0.1) is 0 Å². The third-order valence-corrected chi connectivity index (χ3v) is 1.10. The maximum Gasteiger partial charge on any atom is 0.190 e. The highest BCUT2D eigenvalue weighted by atomic mass is 16.5. The standard InChI is InChI=1S/C7H11NO/c1-3-9-7-5-4-6(2)8-7/h4-5,8H,3H2,1-2H3. The van der Waals surface area contributed by atoms with E-state index in [1.165, 1.54) is 0 Å². The quantitative estimate of drug-likeness (QED) is 0.639. The SMILES string of the molecule is CCOc1ccc(C)[nH]1. The van der Waals surface area contributed by atoms with E-state index in [0.717, 1.165) is 18.2 Å². The molecule has 1 heterocycles. The normalized spacial score (nSPS) is 9.56. The molecule has 0 bridgehead atoms. The first-order valence-electron chi connectivity index (χ1n) is 3.11. The van der Waals surface area contributed by atoms with Crippen molar-refractivity contribution in [2.45, 2.75) is 13.8 Å². The van der Waals surface area contributed by atoms with E-state index in [1.54, 1.807) is 0 Å². The van der Waals surface area contributed by atoms with Crippen LogP contribution in [0.3, 0.4) is 0 Å². The minimum Gasteiger partial charge on any atom is -0.479 e. The Morgan fingerprint density at radius 1 is 1.56 bits per heavy atom. The number of nitrogens with one attached hydrogen (secondary N) is 1. The van der Waals surface area contributed by atoms with E-state index in [1.807, 2.05) is 26.0 Å². The molecule has 2 nitrogen and oxygen atoms in total. The molecule has 0 atom stereocenters. The van der Waals surface area contributed by atoms with Gasteiger partial charge in [0.05, 0.1) is 6.61 Å². The van der Waals surface area contributed by atoms with Crippen molar-refractivity contribution in [2.75, 3.05) is 6.61 Å². The molecule has 0 spiro atoms. The van der Waals surface area contributed by atoms with Gasteiger partial charge >= 0.3 is 0 Å². The zero-order valence-electron chi connectivity index (χ0n) is 5.77. The van der Waals surface area contributed by atoms with Crippen LogP contribution >= 0.6 is 0 Å². The van der Waals surface area contributed by atoms with Gasteiger partial charge in [-0.05, 0) is 26.0 Å². The van der Waals surface area contributed by atoms with Crippen molar-refractivity contribution in [3.05, 3.63) is 17.8 Å². The van der Waals surface area contributed by atoms with Crippen molar-refractivity contribution in [3.8, 4) is 5.88 Å². The molecule has 0 saturated carbocycles. The monoisotopic (exact) mass is 125 g/mol. The molecule has 9 heavy (non-hydrogen) atoms. The van der Waals surface area contributed by atoms with Crippen molar-refractivity contribution in [3.63, 3.8) is 0 Å². The van der Waals surface area contributed by atoms with E-state index >= 15 is 0 Å². The summed E-state index contributed by atoms with van der Waals surface area (Å²) >= 11 is 0. The van der Waals surface area contributed by atoms with Crippen LogP contribution in [0.25, 0.3) is 0 Å². The summed E-state index contributed by atoms with van der Waals surface area (Å²) in [5.41, 5.74) is 1.14. The van der Waals surface area contributed by atoms with Gasteiger partial charge in [0.15, 0.2) is 5.88 Å². The van der Waals surface area contributed by atoms with Gasteiger partial charge in [0.2, 0.25) is 0 Å². The Kier molecular flexibility index (Phi) is 1.78. The van der Waals surface area contributed by atoms with Crippen LogP contribution in [0.5, 0.6) is 5.88 Å². The van der Waals surface area contributed by atoms with Crippen LogP contribution in [0, 0.1) is 6.92 Å². The molecule has 1 aromatic rings. The molecule has 0 aliphatic carbocycles. The lowest BCUT2D eigenvalue weighted by atomic mass is 10.5. The number of aromatic amines is 1. The molecule has 2 heteroatoms. The highest BCUT2D eigenvalue weighted by Crippen LogP contribution is 2.07. The summed E-state index contributed by atoms with van der Waals surface area (Å²) in [6.45, 7) is 4.69. The van der Waals surface area contributed by atoms with Crippen LogP contribution in [0.4, 0.5) is 0 Å². The second-order valence-corrected chi connectivity index (χ2v) is 1.94. The zero-order valence-corrected chi connectivity index (χ0v) is 5.77. The van der Waals surface area contributed by atoms with Gasteiger partial charge in [0.25, 0.3) is 0 Å². The highest BCUT2D eigenvalue weighted by Gasteiger charge is 1.90. The van der Waals surface area contributed by atoms with Crippen molar-refractivity contribution in [1.29, 1.82) is 0 Å². The fourth-order valence-electron chi connectivity index (χ4n) is 0.718. The fourth-order valence-corrected chi connectivity index (χ4v) is 0.718. The molecule has 1 aromatic heterocycles. The van der Waals surface area contributed by atoms with Crippen LogP contribution in [-0.2, 0) is 0 Å². The maximum atomic E-state index is 5.17. The molecule has 0 unspecified atom stereocenters. The third-order valence-electron chi connectivity index (χ3n) is 1.10. The second kappa shape index (κ2) is 2.58. The maximum absolute atomic E-state index is 5.17. The summed E-state index contributed by atoms with van der Waals surface area (Å²) in [5, 5.41) is 0. The molecule has 1 rings (SSSR count). The van der Waals surface area contributed by atoms with Crippen molar-refractivity contribution in [1.82, 2.24) is 4.98 Å². The lowest BCUT2D eigenvalue weighted by Gasteiger charge is -1.95. The molecule has 0 saturated heterocycles. The summed E-state index contributed by atoms with van der Waals surface area (Å²) in [4.78, 5) is 3.05. The lowest BCUT2D eigenvalue weighted by Crippen LogP contribution is -1.90. The Balaban J connectivity index is 2.61. The molecule has 0 aliphatic rings. The topological polar surface area (TPSA) is 25.0 Å². The molecular weight excluding hydrogens is 114 g/mol. The van der Waals surface area contributed by atoms with Crippen LogP contribution in [0.2, 0.25) is 0 Å². The zero-order chi connectivity index (χ0) is 6.69. The van der Waals surface area contributed by atoms with E-state index in [-0.39, 0.29) is 0 Å². The molecule has 0 aromatic carbocycles. The number of aromatic nitrogens is 1. The predicted octanol–water partition coefficient (Wildman–Crippen LogP) is 1.72. The van der Waals surface area contributed by atoms with E-state index in [9.17, 15) is 0 Å². The number of rotatable bonds is 2. The molecule has 0 amide bonds. The summed E-state index contributed by atoms with van der Waals surface area (Å²) in [7, 11) is 0. The predicted molar refractivity (Wildman–Crippen MR) is 36.7 cm³/mol. The van der Waals surface area contributed by atoms with E-state index < -0.39 is 0 Å². The first-order valence-corrected chi connectivity index (χ1v) is 3.11. The van der Waals surface area contributed by atoms with Gasteiger partial charge < -0.3 is 9.72 Å².